The standard InChI is InChI=1S/C25H36N4OS/c1-4-26-25(28(2)18-21-9-11-24(31-3)12-10-21)27-17-20-5-7-22(8-6-20)19-29-15-13-23(30)14-16-29/h5-12,23,30H,4,13-19H2,1-3H3,(H,26,27). The van der Waals surface area contributed by atoms with Crippen LogP contribution >= 0.6 is 11.8 Å². The Morgan fingerprint density at radius 1 is 1.06 bits per heavy atom. The van der Waals surface area contributed by atoms with Gasteiger partial charge in [0.15, 0.2) is 5.96 Å². The number of nitrogens with one attached hydrogen (secondary N) is 1. The number of thioether (sulfide) groups is 1. The molecule has 31 heavy (non-hydrogen) atoms. The molecule has 168 valence electrons. The van der Waals surface area contributed by atoms with E-state index in [0.29, 0.717) is 6.54 Å². The monoisotopic (exact) mass is 440 g/mol. The molecule has 0 amide bonds. The molecule has 0 spiro atoms. The van der Waals surface area contributed by atoms with Gasteiger partial charge in [0.2, 0.25) is 0 Å². The molecule has 2 N–H and O–H groups in total. The van der Waals surface area contributed by atoms with Gasteiger partial charge < -0.3 is 15.3 Å². The van der Waals surface area contributed by atoms with Crippen molar-refractivity contribution < 1.29 is 5.11 Å². The Kier molecular flexibility index (Phi) is 9.25. The molecule has 0 unspecified atom stereocenters. The van der Waals surface area contributed by atoms with E-state index in [1.807, 2.05) is 0 Å². The summed E-state index contributed by atoms with van der Waals surface area (Å²) in [5.74, 6) is 0.924. The molecule has 0 aromatic heterocycles. The molecule has 0 aliphatic carbocycles. The SMILES string of the molecule is CCNC(=NCc1ccc(CN2CCC(O)CC2)cc1)N(C)Cc1ccc(SC)cc1. The van der Waals surface area contributed by atoms with Crippen molar-refractivity contribution in [1.82, 2.24) is 15.1 Å². The first-order valence-electron chi connectivity index (χ1n) is 11.2. The maximum Gasteiger partial charge on any atom is 0.194 e. The van der Waals surface area contributed by atoms with Gasteiger partial charge in [-0.2, -0.15) is 0 Å². The smallest absolute Gasteiger partial charge is 0.194 e. The number of hydrogen-bond donors (Lipinski definition) is 2. The van der Waals surface area contributed by atoms with Crippen LogP contribution in [0.5, 0.6) is 0 Å². The van der Waals surface area contributed by atoms with E-state index in [2.05, 4.69) is 83.9 Å². The highest BCUT2D eigenvalue weighted by molar-refractivity contribution is 7.98. The van der Waals surface area contributed by atoms with Crippen molar-refractivity contribution in [3.8, 4) is 0 Å². The minimum atomic E-state index is -0.116. The third-order valence-electron chi connectivity index (χ3n) is 5.67. The number of rotatable bonds is 8. The lowest BCUT2D eigenvalue weighted by Crippen LogP contribution is -2.38. The summed E-state index contributed by atoms with van der Waals surface area (Å²) in [6, 6.07) is 17.5. The molecule has 0 atom stereocenters. The zero-order valence-electron chi connectivity index (χ0n) is 19.1. The average Bonchev–Trinajstić information content (AvgIpc) is 2.79. The molecule has 1 saturated heterocycles. The summed E-state index contributed by atoms with van der Waals surface area (Å²) in [7, 11) is 2.09. The van der Waals surface area contributed by atoms with Crippen LogP contribution in [0.25, 0.3) is 0 Å². The molecule has 5 nitrogen and oxygen atoms in total. The molecule has 3 rings (SSSR count). The first-order chi connectivity index (χ1) is 15.1. The van der Waals surface area contributed by atoms with Gasteiger partial charge in [-0.3, -0.25) is 4.90 Å². The topological polar surface area (TPSA) is 51.1 Å². The summed E-state index contributed by atoms with van der Waals surface area (Å²) in [5, 5.41) is 13.1. The van der Waals surface area contributed by atoms with Crippen molar-refractivity contribution in [3.05, 3.63) is 65.2 Å². The van der Waals surface area contributed by atoms with Crippen molar-refractivity contribution in [1.29, 1.82) is 0 Å². The maximum atomic E-state index is 9.67. The van der Waals surface area contributed by atoms with Crippen molar-refractivity contribution in [2.75, 3.05) is 32.9 Å². The Balaban J connectivity index is 1.56. The lowest BCUT2D eigenvalue weighted by Gasteiger charge is -2.29. The summed E-state index contributed by atoms with van der Waals surface area (Å²) in [5.41, 5.74) is 3.81. The molecule has 1 heterocycles. The van der Waals surface area contributed by atoms with E-state index in [1.54, 1.807) is 11.8 Å². The van der Waals surface area contributed by atoms with E-state index in [9.17, 15) is 5.11 Å². The van der Waals surface area contributed by atoms with Crippen LogP contribution in [0.4, 0.5) is 0 Å². The summed E-state index contributed by atoms with van der Waals surface area (Å²) >= 11 is 1.76. The van der Waals surface area contributed by atoms with Gasteiger partial charge in [0, 0.05) is 44.7 Å². The Morgan fingerprint density at radius 3 is 2.29 bits per heavy atom. The van der Waals surface area contributed by atoms with Crippen LogP contribution in [0, 0.1) is 0 Å². The molecule has 2 aromatic carbocycles. The normalized spacial score (nSPS) is 15.8. The van der Waals surface area contributed by atoms with Crippen LogP contribution in [0.3, 0.4) is 0 Å². The number of benzene rings is 2. The fraction of sp³-hybridized carbons (Fsp3) is 0.480. The highest BCUT2D eigenvalue weighted by Gasteiger charge is 2.16. The average molecular weight is 441 g/mol. The van der Waals surface area contributed by atoms with E-state index in [4.69, 9.17) is 4.99 Å². The minimum absolute atomic E-state index is 0.116. The Labute approximate surface area is 191 Å². The summed E-state index contributed by atoms with van der Waals surface area (Å²) in [4.78, 5) is 10.7. The minimum Gasteiger partial charge on any atom is -0.393 e. The van der Waals surface area contributed by atoms with Gasteiger partial charge in [0.05, 0.1) is 12.6 Å². The Bertz CT molecular complexity index is 814. The molecule has 1 aliphatic rings. The van der Waals surface area contributed by atoms with Crippen LogP contribution in [0.2, 0.25) is 0 Å². The van der Waals surface area contributed by atoms with Crippen LogP contribution in [-0.4, -0.2) is 59.9 Å². The number of aliphatic imine (C=N–C) groups is 1. The van der Waals surface area contributed by atoms with Gasteiger partial charge >= 0.3 is 0 Å². The van der Waals surface area contributed by atoms with E-state index in [1.165, 1.54) is 21.6 Å². The number of piperidine rings is 1. The van der Waals surface area contributed by atoms with Crippen LogP contribution in [0.1, 0.15) is 36.5 Å². The third kappa shape index (κ3) is 7.56. The van der Waals surface area contributed by atoms with Gasteiger partial charge in [-0.05, 0) is 54.8 Å². The largest absolute Gasteiger partial charge is 0.393 e. The zero-order chi connectivity index (χ0) is 22.1. The van der Waals surface area contributed by atoms with Crippen molar-refractivity contribution in [2.24, 2.45) is 4.99 Å². The van der Waals surface area contributed by atoms with Crippen molar-refractivity contribution in [3.63, 3.8) is 0 Å². The Hall–Kier alpha value is -2.02. The second-order valence-electron chi connectivity index (χ2n) is 8.20. The molecule has 0 radical (unpaired) electrons. The van der Waals surface area contributed by atoms with E-state index >= 15 is 0 Å². The number of aliphatic hydroxyl groups is 1. The summed E-state index contributed by atoms with van der Waals surface area (Å²) in [6.07, 6.45) is 3.75. The predicted molar refractivity (Wildman–Crippen MR) is 131 cm³/mol. The fourth-order valence-electron chi connectivity index (χ4n) is 3.80. The van der Waals surface area contributed by atoms with Crippen LogP contribution in [0.15, 0.2) is 58.4 Å². The molecular weight excluding hydrogens is 404 g/mol. The van der Waals surface area contributed by atoms with E-state index < -0.39 is 0 Å². The van der Waals surface area contributed by atoms with Crippen LogP contribution in [-0.2, 0) is 19.6 Å². The van der Waals surface area contributed by atoms with Crippen molar-refractivity contribution >= 4 is 17.7 Å². The van der Waals surface area contributed by atoms with Gasteiger partial charge in [0.25, 0.3) is 0 Å². The van der Waals surface area contributed by atoms with E-state index in [0.717, 1.165) is 51.5 Å². The number of hydrogen-bond acceptors (Lipinski definition) is 4. The number of aliphatic hydroxyl groups excluding tert-OH is 1. The highest BCUT2D eigenvalue weighted by Crippen LogP contribution is 2.16. The Morgan fingerprint density at radius 2 is 1.68 bits per heavy atom. The predicted octanol–water partition coefficient (Wildman–Crippen LogP) is 3.96. The molecule has 1 aliphatic heterocycles. The third-order valence-corrected chi connectivity index (χ3v) is 6.42. The summed E-state index contributed by atoms with van der Waals surface area (Å²) in [6.45, 7) is 7.34. The lowest BCUT2D eigenvalue weighted by atomic mass is 10.1. The fourth-order valence-corrected chi connectivity index (χ4v) is 4.21. The van der Waals surface area contributed by atoms with E-state index in [-0.39, 0.29) is 6.10 Å². The zero-order valence-corrected chi connectivity index (χ0v) is 19.9. The molecular formula is C25H36N4OS. The second kappa shape index (κ2) is 12.1. The number of likely N-dealkylation sites (tertiary alicyclic amines) is 1. The highest BCUT2D eigenvalue weighted by atomic mass is 32.2. The first kappa shape index (κ1) is 23.6. The number of nitrogens with zero attached hydrogens (tertiary/aromatic N) is 3. The van der Waals surface area contributed by atoms with Crippen molar-refractivity contribution in [2.45, 2.75) is 50.4 Å². The summed E-state index contributed by atoms with van der Waals surface area (Å²) < 4.78 is 0. The lowest BCUT2D eigenvalue weighted by molar-refractivity contribution is 0.0792. The molecule has 0 saturated carbocycles. The maximum absolute atomic E-state index is 9.67. The second-order valence-corrected chi connectivity index (χ2v) is 9.08. The van der Waals surface area contributed by atoms with Gasteiger partial charge in [-0.25, -0.2) is 4.99 Å². The molecule has 0 bridgehead atoms. The quantitative estimate of drug-likeness (QED) is 0.370. The van der Waals surface area contributed by atoms with Crippen LogP contribution < -0.4 is 5.32 Å². The number of guanidine groups is 1. The molecule has 2 aromatic rings. The van der Waals surface area contributed by atoms with Gasteiger partial charge in [0.1, 0.15) is 0 Å². The van der Waals surface area contributed by atoms with Gasteiger partial charge in [-0.1, -0.05) is 36.4 Å². The molecule has 1 fully saturated rings. The van der Waals surface area contributed by atoms with Gasteiger partial charge in [-0.15, -0.1) is 11.8 Å². The molecule has 6 heteroatoms. The first-order valence-corrected chi connectivity index (χ1v) is 12.4.